The molecule has 0 amide bonds. The Labute approximate surface area is 155 Å². The third kappa shape index (κ3) is 2.08. The molecule has 0 saturated heterocycles. The molecule has 0 atom stereocenters. The molecule has 0 heteroatoms. The van der Waals surface area contributed by atoms with E-state index in [2.05, 4.69) is 78.9 Å². The highest BCUT2D eigenvalue weighted by atomic mass is 14.5. The van der Waals surface area contributed by atoms with Gasteiger partial charge in [-0.15, -0.1) is 0 Å². The van der Waals surface area contributed by atoms with Crippen LogP contribution in [0.1, 0.15) is 36.8 Å². The maximum absolute atomic E-state index is 2.64. The van der Waals surface area contributed by atoms with Gasteiger partial charge >= 0.3 is 0 Å². The Morgan fingerprint density at radius 3 is 1.81 bits per heavy atom. The van der Waals surface area contributed by atoms with E-state index in [0.29, 0.717) is 0 Å². The summed E-state index contributed by atoms with van der Waals surface area (Å²) in [5, 5.41) is 0. The number of allylic oxidation sites excluding steroid dienone is 7. The maximum atomic E-state index is 2.64. The first-order valence-corrected chi connectivity index (χ1v) is 9.87. The van der Waals surface area contributed by atoms with E-state index in [4.69, 9.17) is 0 Å². The zero-order valence-electron chi connectivity index (χ0n) is 14.9. The molecule has 0 aromatic heterocycles. The van der Waals surface area contributed by atoms with E-state index in [1.807, 2.05) is 0 Å². The van der Waals surface area contributed by atoms with Crippen molar-refractivity contribution in [2.45, 2.75) is 25.7 Å². The van der Waals surface area contributed by atoms with E-state index >= 15 is 0 Å². The predicted octanol–water partition coefficient (Wildman–Crippen LogP) is 6.71. The van der Waals surface area contributed by atoms with Gasteiger partial charge in [0.15, 0.2) is 0 Å². The monoisotopic (exact) mass is 334 g/mol. The summed E-state index contributed by atoms with van der Waals surface area (Å²) < 4.78 is 0. The quantitative estimate of drug-likeness (QED) is 0.499. The maximum Gasteiger partial charge on any atom is 0.0113 e. The van der Waals surface area contributed by atoms with Gasteiger partial charge in [0.05, 0.1) is 0 Å². The van der Waals surface area contributed by atoms with Gasteiger partial charge in [-0.1, -0.05) is 78.9 Å². The highest BCUT2D eigenvalue weighted by Crippen LogP contribution is 2.63. The Bertz CT molecular complexity index is 972. The number of rotatable bonds is 3. The summed E-state index contributed by atoms with van der Waals surface area (Å²) in [6.45, 7) is 0. The molecule has 0 aliphatic heterocycles. The number of hydrogen-bond acceptors (Lipinski definition) is 0. The first kappa shape index (κ1) is 14.6. The molecule has 0 N–H and O–H groups in total. The Balaban J connectivity index is 1.55. The van der Waals surface area contributed by atoms with Crippen LogP contribution in [0.2, 0.25) is 0 Å². The van der Waals surface area contributed by atoms with Gasteiger partial charge in [0.25, 0.3) is 0 Å². The smallest absolute Gasteiger partial charge is 0.0113 e. The fraction of sp³-hybridized carbons (Fsp3) is 0.231. The summed E-state index contributed by atoms with van der Waals surface area (Å²) in [6.07, 6.45) is 17.0. The van der Waals surface area contributed by atoms with Gasteiger partial charge in [-0.2, -0.15) is 0 Å². The van der Waals surface area contributed by atoms with Gasteiger partial charge in [0.1, 0.15) is 0 Å². The van der Waals surface area contributed by atoms with Crippen molar-refractivity contribution in [2.24, 2.45) is 11.3 Å². The molecule has 0 spiro atoms. The molecular weight excluding hydrogens is 312 g/mol. The van der Waals surface area contributed by atoms with Gasteiger partial charge in [-0.05, 0) is 70.6 Å². The van der Waals surface area contributed by atoms with Crippen LogP contribution in [0, 0.1) is 11.3 Å². The summed E-state index contributed by atoms with van der Waals surface area (Å²) in [4.78, 5) is 0. The summed E-state index contributed by atoms with van der Waals surface area (Å²) >= 11 is 0. The van der Waals surface area contributed by atoms with Crippen molar-refractivity contribution in [3.8, 4) is 11.1 Å². The SMILES string of the molecule is C1=CC(=C(C2CC2)C2(C=C3c4ccccc4-c4ccccc43)CC2)C=C1. The first-order valence-electron chi connectivity index (χ1n) is 9.87. The lowest BCUT2D eigenvalue weighted by atomic mass is 9.84. The van der Waals surface area contributed by atoms with Crippen molar-refractivity contribution in [2.75, 3.05) is 0 Å². The number of hydrogen-bond donors (Lipinski definition) is 0. The lowest BCUT2D eigenvalue weighted by Crippen LogP contribution is -2.07. The van der Waals surface area contributed by atoms with E-state index < -0.39 is 0 Å². The molecule has 0 heterocycles. The third-order valence-electron chi connectivity index (χ3n) is 6.43. The Morgan fingerprint density at radius 2 is 1.31 bits per heavy atom. The molecule has 6 rings (SSSR count). The zero-order chi connectivity index (χ0) is 17.1. The fourth-order valence-electron chi connectivity index (χ4n) is 4.96. The topological polar surface area (TPSA) is 0 Å². The minimum absolute atomic E-state index is 0.287. The van der Waals surface area contributed by atoms with E-state index in [1.165, 1.54) is 59.1 Å². The van der Waals surface area contributed by atoms with Crippen LogP contribution in [-0.4, -0.2) is 0 Å². The molecule has 0 nitrogen and oxygen atoms in total. The molecule has 0 unspecified atom stereocenters. The molecule has 4 aliphatic rings. The van der Waals surface area contributed by atoms with Gasteiger partial charge in [-0.25, -0.2) is 0 Å². The Kier molecular flexibility index (Phi) is 2.91. The molecule has 4 aliphatic carbocycles. The van der Waals surface area contributed by atoms with Crippen molar-refractivity contribution in [3.63, 3.8) is 0 Å². The second kappa shape index (κ2) is 5.20. The van der Waals surface area contributed by atoms with Gasteiger partial charge in [0, 0.05) is 5.41 Å². The standard InChI is InChI=1S/C26H22/c1-2-8-18(7-1)25(19-13-14-19)26(15-16-26)17-24-22-11-5-3-9-20(22)21-10-4-6-12-23(21)24/h1-12,17,19H,13-16H2. The zero-order valence-corrected chi connectivity index (χ0v) is 14.9. The molecule has 2 fully saturated rings. The molecular formula is C26H22. The Hall–Kier alpha value is -2.60. The van der Waals surface area contributed by atoms with Crippen LogP contribution < -0.4 is 0 Å². The van der Waals surface area contributed by atoms with Crippen LogP contribution in [0.15, 0.2) is 90.1 Å². The van der Waals surface area contributed by atoms with E-state index in [-0.39, 0.29) is 5.41 Å². The van der Waals surface area contributed by atoms with E-state index in [1.54, 1.807) is 5.57 Å². The van der Waals surface area contributed by atoms with E-state index in [9.17, 15) is 0 Å². The van der Waals surface area contributed by atoms with Crippen LogP contribution >= 0.6 is 0 Å². The molecule has 2 aromatic carbocycles. The second-order valence-corrected chi connectivity index (χ2v) is 8.17. The summed E-state index contributed by atoms with van der Waals surface area (Å²) in [7, 11) is 0. The molecule has 0 bridgehead atoms. The lowest BCUT2D eigenvalue weighted by Gasteiger charge is -2.19. The minimum Gasteiger partial charge on any atom is -0.0657 e. The average Bonchev–Trinajstić information content (AvgIpc) is 3.58. The molecule has 126 valence electrons. The van der Waals surface area contributed by atoms with Crippen molar-refractivity contribution >= 4 is 5.57 Å². The number of fused-ring (bicyclic) bond motifs is 3. The highest BCUT2D eigenvalue weighted by Gasteiger charge is 2.50. The van der Waals surface area contributed by atoms with Crippen LogP contribution in [0.3, 0.4) is 0 Å². The van der Waals surface area contributed by atoms with Crippen LogP contribution in [0.4, 0.5) is 0 Å². The number of benzene rings is 2. The first-order chi connectivity index (χ1) is 12.9. The van der Waals surface area contributed by atoms with Gasteiger partial charge < -0.3 is 0 Å². The van der Waals surface area contributed by atoms with Gasteiger partial charge in [-0.3, -0.25) is 0 Å². The second-order valence-electron chi connectivity index (χ2n) is 8.17. The normalized spacial score (nSPS) is 20.9. The highest BCUT2D eigenvalue weighted by molar-refractivity contribution is 6.01. The van der Waals surface area contributed by atoms with Crippen LogP contribution in [-0.2, 0) is 0 Å². The average molecular weight is 334 g/mol. The fourth-order valence-corrected chi connectivity index (χ4v) is 4.96. The molecule has 0 radical (unpaired) electrons. The summed E-state index contributed by atoms with van der Waals surface area (Å²) in [5.41, 5.74) is 10.6. The summed E-state index contributed by atoms with van der Waals surface area (Å²) in [5.74, 6) is 0.809. The van der Waals surface area contributed by atoms with Crippen LogP contribution in [0.5, 0.6) is 0 Å². The van der Waals surface area contributed by atoms with Crippen molar-refractivity contribution in [1.82, 2.24) is 0 Å². The largest absolute Gasteiger partial charge is 0.0657 e. The molecule has 2 saturated carbocycles. The van der Waals surface area contributed by atoms with Crippen molar-refractivity contribution < 1.29 is 0 Å². The summed E-state index contributed by atoms with van der Waals surface area (Å²) in [6, 6.07) is 17.8. The lowest BCUT2D eigenvalue weighted by molar-refractivity contribution is 0.706. The van der Waals surface area contributed by atoms with Gasteiger partial charge in [0.2, 0.25) is 0 Å². The van der Waals surface area contributed by atoms with Crippen molar-refractivity contribution in [1.29, 1.82) is 0 Å². The third-order valence-corrected chi connectivity index (χ3v) is 6.43. The Morgan fingerprint density at radius 1 is 0.769 bits per heavy atom. The molecule has 26 heavy (non-hydrogen) atoms. The van der Waals surface area contributed by atoms with Crippen LogP contribution in [0.25, 0.3) is 16.7 Å². The minimum atomic E-state index is 0.287. The molecule has 2 aromatic rings. The predicted molar refractivity (Wildman–Crippen MR) is 109 cm³/mol. The van der Waals surface area contributed by atoms with Crippen molar-refractivity contribution in [3.05, 3.63) is 101 Å². The van der Waals surface area contributed by atoms with E-state index in [0.717, 1.165) is 5.92 Å².